The van der Waals surface area contributed by atoms with E-state index in [9.17, 15) is 23.1 Å². The Morgan fingerprint density at radius 1 is 1.04 bits per heavy atom. The van der Waals surface area contributed by atoms with E-state index in [-0.39, 0.29) is 27.3 Å². The normalized spacial score (nSPS) is 11.0. The maximum absolute atomic E-state index is 12.2. The van der Waals surface area contributed by atoms with Crippen LogP contribution in [-0.4, -0.2) is 30.2 Å². The number of Topliss-reactive ketones (excluding diaryl/α,β-unsaturated/α-hetero) is 1. The zero-order chi connectivity index (χ0) is 17.7. The quantitative estimate of drug-likeness (QED) is 0.763. The lowest BCUT2D eigenvalue weighted by atomic mass is 10.1. The van der Waals surface area contributed by atoms with Crippen LogP contribution in [0.25, 0.3) is 0 Å². The summed E-state index contributed by atoms with van der Waals surface area (Å²) >= 11 is 0.926. The predicted molar refractivity (Wildman–Crippen MR) is 92.8 cm³/mol. The molecule has 24 heavy (non-hydrogen) atoms. The molecule has 2 aromatic carbocycles. The summed E-state index contributed by atoms with van der Waals surface area (Å²) in [6, 6.07) is 11.1. The van der Waals surface area contributed by atoms with Crippen LogP contribution in [0.3, 0.4) is 0 Å². The van der Waals surface area contributed by atoms with Gasteiger partial charge in [-0.25, -0.2) is 8.42 Å². The molecule has 0 atom stereocenters. The van der Waals surface area contributed by atoms with Gasteiger partial charge in [-0.05, 0) is 48.5 Å². The fraction of sp³-hybridized carbons (Fsp3) is 0.125. The smallest absolute Gasteiger partial charge is 0.261 e. The number of phenols is 1. The van der Waals surface area contributed by atoms with Crippen LogP contribution in [0.15, 0.2) is 53.4 Å². The van der Waals surface area contributed by atoms with Crippen LogP contribution < -0.4 is 4.72 Å². The topological polar surface area (TPSA) is 101 Å². The first-order valence-corrected chi connectivity index (χ1v) is 9.33. The van der Waals surface area contributed by atoms with E-state index in [1.165, 1.54) is 55.5 Å². The van der Waals surface area contributed by atoms with E-state index in [1.54, 1.807) is 0 Å². The van der Waals surface area contributed by atoms with E-state index >= 15 is 0 Å². The molecular formula is C16H15NO5S2. The van der Waals surface area contributed by atoms with Gasteiger partial charge in [-0.3, -0.25) is 14.3 Å². The van der Waals surface area contributed by atoms with Crippen molar-refractivity contribution in [3.05, 3.63) is 54.1 Å². The molecule has 0 aliphatic heterocycles. The van der Waals surface area contributed by atoms with E-state index in [2.05, 4.69) is 4.72 Å². The third kappa shape index (κ3) is 4.84. The number of benzene rings is 2. The number of hydrogen-bond acceptors (Lipinski definition) is 6. The molecule has 2 N–H and O–H groups in total. The van der Waals surface area contributed by atoms with Crippen molar-refractivity contribution < 1.29 is 23.1 Å². The Bertz CT molecular complexity index is 843. The van der Waals surface area contributed by atoms with Gasteiger partial charge in [0.05, 0.1) is 10.6 Å². The van der Waals surface area contributed by atoms with E-state index in [0.29, 0.717) is 11.3 Å². The molecule has 0 aliphatic carbocycles. The molecule has 0 aliphatic rings. The number of hydrogen-bond donors (Lipinski definition) is 2. The van der Waals surface area contributed by atoms with Crippen molar-refractivity contribution in [2.24, 2.45) is 0 Å². The second-order valence-electron chi connectivity index (χ2n) is 4.88. The lowest BCUT2D eigenvalue weighted by Gasteiger charge is -2.09. The van der Waals surface area contributed by atoms with Gasteiger partial charge >= 0.3 is 0 Å². The zero-order valence-corrected chi connectivity index (χ0v) is 14.4. The second kappa shape index (κ2) is 7.50. The van der Waals surface area contributed by atoms with Gasteiger partial charge in [-0.1, -0.05) is 11.8 Å². The van der Waals surface area contributed by atoms with Gasteiger partial charge in [0.2, 0.25) is 0 Å². The number of ketones is 1. The highest BCUT2D eigenvalue weighted by molar-refractivity contribution is 8.14. The summed E-state index contributed by atoms with van der Waals surface area (Å²) in [5, 5.41) is 9.07. The number of carbonyl (C=O) groups is 2. The maximum Gasteiger partial charge on any atom is 0.261 e. The van der Waals surface area contributed by atoms with Crippen LogP contribution in [0.1, 0.15) is 17.3 Å². The fourth-order valence-corrected chi connectivity index (χ4v) is 3.37. The molecule has 0 heterocycles. The van der Waals surface area contributed by atoms with Gasteiger partial charge in [-0.15, -0.1) is 0 Å². The summed E-state index contributed by atoms with van der Waals surface area (Å²) in [5.41, 5.74) is 0.704. The number of rotatable bonds is 6. The number of phenolic OH excluding ortho intramolecular Hbond substituents is 1. The van der Waals surface area contributed by atoms with Crippen molar-refractivity contribution >= 4 is 38.4 Å². The average Bonchev–Trinajstić information content (AvgIpc) is 2.53. The molecule has 126 valence electrons. The second-order valence-corrected chi connectivity index (χ2v) is 7.71. The maximum atomic E-state index is 12.2. The highest BCUT2D eigenvalue weighted by Gasteiger charge is 2.14. The summed E-state index contributed by atoms with van der Waals surface area (Å²) in [5.74, 6) is -0.183. The van der Waals surface area contributed by atoms with Gasteiger partial charge < -0.3 is 5.11 Å². The minimum atomic E-state index is -3.78. The third-order valence-electron chi connectivity index (χ3n) is 3.01. The summed E-state index contributed by atoms with van der Waals surface area (Å²) in [6.45, 7) is 1.39. The first kappa shape index (κ1) is 18.0. The molecule has 0 radical (unpaired) electrons. The van der Waals surface area contributed by atoms with E-state index in [0.717, 1.165) is 11.8 Å². The predicted octanol–water partition coefficient (Wildman–Crippen LogP) is 2.66. The number of sulfonamides is 1. The van der Waals surface area contributed by atoms with Crippen molar-refractivity contribution in [3.8, 4) is 5.75 Å². The van der Waals surface area contributed by atoms with E-state index in [1.807, 2.05) is 0 Å². The number of carbonyl (C=O) groups excluding carboxylic acids is 2. The Labute approximate surface area is 143 Å². The van der Waals surface area contributed by atoms with Crippen molar-refractivity contribution in [1.29, 1.82) is 0 Å². The van der Waals surface area contributed by atoms with Crippen LogP contribution >= 0.6 is 11.8 Å². The largest absolute Gasteiger partial charge is 0.508 e. The van der Waals surface area contributed by atoms with Crippen LogP contribution in [-0.2, 0) is 14.8 Å². The Balaban J connectivity index is 2.09. The number of aromatic hydroxyl groups is 1. The lowest BCUT2D eigenvalue weighted by Crippen LogP contribution is -2.13. The van der Waals surface area contributed by atoms with Crippen LogP contribution in [0, 0.1) is 0 Å². The molecule has 0 fully saturated rings. The molecule has 0 amide bonds. The fourth-order valence-electron chi connectivity index (χ4n) is 1.81. The minimum Gasteiger partial charge on any atom is -0.508 e. The standard InChI is InChI=1S/C16H15NO5S2/c1-11(18)23-10-16(20)12-2-4-13(5-3-12)17-24(21,22)15-8-6-14(19)7-9-15/h2-9,17,19H,10H2,1H3. The van der Waals surface area contributed by atoms with Gasteiger partial charge in [0.1, 0.15) is 5.75 Å². The molecule has 2 rings (SSSR count). The highest BCUT2D eigenvalue weighted by atomic mass is 32.2. The van der Waals surface area contributed by atoms with Crippen molar-refractivity contribution in [1.82, 2.24) is 0 Å². The van der Waals surface area contributed by atoms with Gasteiger partial charge in [-0.2, -0.15) is 0 Å². The Morgan fingerprint density at radius 3 is 2.17 bits per heavy atom. The number of anilines is 1. The molecule has 0 unspecified atom stereocenters. The number of nitrogens with one attached hydrogen (secondary N) is 1. The molecule has 0 spiro atoms. The first-order chi connectivity index (χ1) is 11.3. The van der Waals surface area contributed by atoms with Crippen molar-refractivity contribution in [3.63, 3.8) is 0 Å². The molecule has 8 heteroatoms. The van der Waals surface area contributed by atoms with E-state index < -0.39 is 10.0 Å². The van der Waals surface area contributed by atoms with E-state index in [4.69, 9.17) is 0 Å². The molecular weight excluding hydrogens is 350 g/mol. The van der Waals surface area contributed by atoms with Crippen molar-refractivity contribution in [2.45, 2.75) is 11.8 Å². The summed E-state index contributed by atoms with van der Waals surface area (Å²) in [7, 11) is -3.78. The van der Waals surface area contributed by atoms with Gasteiger partial charge in [0, 0.05) is 18.2 Å². The monoisotopic (exact) mass is 365 g/mol. The molecule has 2 aromatic rings. The van der Waals surface area contributed by atoms with Crippen LogP contribution in [0.5, 0.6) is 5.75 Å². The SMILES string of the molecule is CC(=O)SCC(=O)c1ccc(NS(=O)(=O)c2ccc(O)cc2)cc1. The van der Waals surface area contributed by atoms with Gasteiger partial charge in [0.15, 0.2) is 10.9 Å². The Kier molecular flexibility index (Phi) is 5.63. The Hall–Kier alpha value is -2.32. The number of thioether (sulfide) groups is 1. The van der Waals surface area contributed by atoms with Gasteiger partial charge in [0.25, 0.3) is 10.0 Å². The lowest BCUT2D eigenvalue weighted by molar-refractivity contribution is -0.109. The molecule has 0 bridgehead atoms. The zero-order valence-electron chi connectivity index (χ0n) is 12.7. The van der Waals surface area contributed by atoms with Crippen LogP contribution in [0.4, 0.5) is 5.69 Å². The average molecular weight is 365 g/mol. The first-order valence-electron chi connectivity index (χ1n) is 6.86. The highest BCUT2D eigenvalue weighted by Crippen LogP contribution is 2.19. The molecule has 0 saturated carbocycles. The molecule has 6 nitrogen and oxygen atoms in total. The third-order valence-corrected chi connectivity index (χ3v) is 5.22. The molecule has 0 aromatic heterocycles. The molecule has 0 saturated heterocycles. The van der Waals surface area contributed by atoms with Crippen LogP contribution in [0.2, 0.25) is 0 Å². The summed E-state index contributed by atoms with van der Waals surface area (Å²) < 4.78 is 26.8. The van der Waals surface area contributed by atoms with Crippen molar-refractivity contribution in [2.75, 3.05) is 10.5 Å². The summed E-state index contributed by atoms with van der Waals surface area (Å²) in [6.07, 6.45) is 0. The minimum absolute atomic E-state index is 0.0123. The summed E-state index contributed by atoms with van der Waals surface area (Å²) in [4.78, 5) is 22.7. The Morgan fingerprint density at radius 2 is 1.62 bits per heavy atom.